The van der Waals surface area contributed by atoms with Crippen LogP contribution in [0.5, 0.6) is 0 Å². The second kappa shape index (κ2) is 4.69. The number of aliphatic hydroxyl groups excluding tert-OH is 1. The van der Waals surface area contributed by atoms with Crippen molar-refractivity contribution in [1.82, 2.24) is 4.90 Å². The molecule has 3 fully saturated rings. The van der Waals surface area contributed by atoms with Crippen LogP contribution in [0.1, 0.15) is 32.1 Å². The Morgan fingerprint density at radius 3 is 2.63 bits per heavy atom. The summed E-state index contributed by atoms with van der Waals surface area (Å²) in [5, 5.41) is 20.6. The van der Waals surface area contributed by atoms with Gasteiger partial charge in [0.25, 0.3) is 0 Å². The lowest BCUT2D eigenvalue weighted by Gasteiger charge is -2.49. The van der Waals surface area contributed by atoms with Crippen LogP contribution in [0.15, 0.2) is 0 Å². The minimum absolute atomic E-state index is 0.0688. The Morgan fingerprint density at radius 2 is 1.95 bits per heavy atom. The van der Waals surface area contributed by atoms with E-state index in [0.29, 0.717) is 13.0 Å². The molecule has 5 nitrogen and oxygen atoms in total. The molecule has 1 aliphatic carbocycles. The third kappa shape index (κ3) is 2.55. The molecule has 0 spiro atoms. The zero-order valence-corrected chi connectivity index (χ0v) is 12.0. The van der Waals surface area contributed by atoms with Gasteiger partial charge in [0.15, 0.2) is 9.84 Å². The number of piperidine rings is 1. The molecule has 0 aromatic rings. The van der Waals surface area contributed by atoms with E-state index >= 15 is 0 Å². The molecule has 3 aliphatic rings. The van der Waals surface area contributed by atoms with Crippen molar-refractivity contribution in [3.63, 3.8) is 0 Å². The van der Waals surface area contributed by atoms with Crippen LogP contribution in [0.3, 0.4) is 0 Å². The molecule has 4 unspecified atom stereocenters. The topological polar surface area (TPSA) is 77.8 Å². The summed E-state index contributed by atoms with van der Waals surface area (Å²) >= 11 is 0. The molecule has 19 heavy (non-hydrogen) atoms. The van der Waals surface area contributed by atoms with E-state index < -0.39 is 21.5 Å². The first-order valence-electron chi connectivity index (χ1n) is 7.25. The third-order valence-corrected chi connectivity index (χ3v) is 6.92. The molecule has 2 heterocycles. The largest absolute Gasteiger partial charge is 0.390 e. The molecule has 110 valence electrons. The van der Waals surface area contributed by atoms with E-state index in [9.17, 15) is 18.6 Å². The number of nitrogens with zero attached hydrogens (tertiary/aromatic N) is 1. The molecular weight excluding hydrogens is 266 g/mol. The third-order valence-electron chi connectivity index (χ3n) is 5.22. The minimum atomic E-state index is -3.09. The van der Waals surface area contributed by atoms with Crippen molar-refractivity contribution < 1.29 is 18.6 Å². The number of fused-ring (bicyclic) bond motifs is 1. The van der Waals surface area contributed by atoms with Crippen LogP contribution < -0.4 is 0 Å². The summed E-state index contributed by atoms with van der Waals surface area (Å²) in [5.74, 6) is 0.202. The van der Waals surface area contributed by atoms with Gasteiger partial charge in [0.05, 0.1) is 29.3 Å². The second-order valence-electron chi connectivity index (χ2n) is 6.50. The van der Waals surface area contributed by atoms with E-state index in [4.69, 9.17) is 0 Å². The van der Waals surface area contributed by atoms with Gasteiger partial charge < -0.3 is 10.2 Å². The van der Waals surface area contributed by atoms with Crippen molar-refractivity contribution in [3.05, 3.63) is 0 Å². The number of sulfone groups is 1. The van der Waals surface area contributed by atoms with Gasteiger partial charge in [-0.3, -0.25) is 4.90 Å². The lowest BCUT2D eigenvalue weighted by molar-refractivity contribution is -0.107. The van der Waals surface area contributed by atoms with Crippen molar-refractivity contribution in [3.8, 4) is 0 Å². The fourth-order valence-electron chi connectivity index (χ4n) is 4.06. The van der Waals surface area contributed by atoms with E-state index in [1.54, 1.807) is 0 Å². The van der Waals surface area contributed by atoms with E-state index in [1.165, 1.54) is 0 Å². The molecule has 0 aromatic heterocycles. The highest BCUT2D eigenvalue weighted by Gasteiger charge is 2.47. The van der Waals surface area contributed by atoms with Crippen molar-refractivity contribution in [1.29, 1.82) is 0 Å². The van der Waals surface area contributed by atoms with Crippen LogP contribution in [0.4, 0.5) is 0 Å². The summed E-state index contributed by atoms with van der Waals surface area (Å²) < 4.78 is 23.2. The molecular formula is C13H23NO4S. The number of hydrogen-bond acceptors (Lipinski definition) is 5. The zero-order chi connectivity index (χ0) is 13.7. The summed E-state index contributed by atoms with van der Waals surface area (Å²) in [4.78, 5) is 2.10. The molecule has 4 atom stereocenters. The monoisotopic (exact) mass is 289 g/mol. The Bertz CT molecular complexity index is 452. The van der Waals surface area contributed by atoms with Gasteiger partial charge in [0.2, 0.25) is 0 Å². The smallest absolute Gasteiger partial charge is 0.154 e. The van der Waals surface area contributed by atoms with Crippen LogP contribution in [-0.4, -0.2) is 65.9 Å². The van der Waals surface area contributed by atoms with Gasteiger partial charge in [-0.1, -0.05) is 12.8 Å². The number of aliphatic hydroxyl groups is 2. The highest BCUT2D eigenvalue weighted by molar-refractivity contribution is 7.91. The lowest BCUT2D eigenvalue weighted by Crippen LogP contribution is -2.57. The van der Waals surface area contributed by atoms with Crippen LogP contribution in [-0.2, 0) is 9.84 Å². The average molecular weight is 289 g/mol. The minimum Gasteiger partial charge on any atom is -0.390 e. The van der Waals surface area contributed by atoms with Crippen molar-refractivity contribution in [2.45, 2.75) is 49.9 Å². The quantitative estimate of drug-likeness (QED) is 0.697. The average Bonchev–Trinajstić information content (AvgIpc) is 2.61. The Morgan fingerprint density at radius 1 is 1.16 bits per heavy atom. The van der Waals surface area contributed by atoms with Gasteiger partial charge in [-0.05, 0) is 19.3 Å². The van der Waals surface area contributed by atoms with Crippen LogP contribution >= 0.6 is 0 Å². The summed E-state index contributed by atoms with van der Waals surface area (Å²) in [7, 11) is -3.09. The first-order chi connectivity index (χ1) is 8.90. The predicted octanol–water partition coefficient (Wildman–Crippen LogP) is -0.229. The maximum atomic E-state index is 11.6. The molecule has 6 heteroatoms. The molecule has 0 bridgehead atoms. The van der Waals surface area contributed by atoms with Crippen molar-refractivity contribution >= 4 is 9.84 Å². The molecule has 1 saturated carbocycles. The maximum Gasteiger partial charge on any atom is 0.154 e. The molecule has 3 rings (SSSR count). The normalized spacial score (nSPS) is 46.9. The molecule has 2 saturated heterocycles. The van der Waals surface area contributed by atoms with Crippen molar-refractivity contribution in [2.75, 3.05) is 24.6 Å². The van der Waals surface area contributed by atoms with Crippen LogP contribution in [0.25, 0.3) is 0 Å². The summed E-state index contributed by atoms with van der Waals surface area (Å²) in [6.45, 7) is 1.43. The van der Waals surface area contributed by atoms with E-state index in [0.717, 1.165) is 32.2 Å². The Kier molecular flexibility index (Phi) is 3.40. The Balaban J connectivity index is 1.71. The molecule has 2 aliphatic heterocycles. The van der Waals surface area contributed by atoms with E-state index in [1.807, 2.05) is 0 Å². The maximum absolute atomic E-state index is 11.6. The first-order valence-corrected chi connectivity index (χ1v) is 9.07. The Labute approximate surface area is 114 Å². The highest BCUT2D eigenvalue weighted by Crippen LogP contribution is 2.40. The lowest BCUT2D eigenvalue weighted by atomic mass is 9.71. The van der Waals surface area contributed by atoms with Gasteiger partial charge in [-0.15, -0.1) is 0 Å². The summed E-state index contributed by atoms with van der Waals surface area (Å²) in [5.41, 5.74) is -0.544. The van der Waals surface area contributed by atoms with E-state index in [-0.39, 0.29) is 23.5 Å². The summed E-state index contributed by atoms with van der Waals surface area (Å²) in [6, 6.07) is -0.267. The van der Waals surface area contributed by atoms with Gasteiger partial charge in [0, 0.05) is 19.0 Å². The molecule has 0 amide bonds. The fraction of sp³-hybridized carbons (Fsp3) is 1.00. The molecule has 0 radical (unpaired) electrons. The highest BCUT2D eigenvalue weighted by atomic mass is 32.2. The molecule has 0 aromatic carbocycles. The van der Waals surface area contributed by atoms with Crippen LogP contribution in [0.2, 0.25) is 0 Å². The number of likely N-dealkylation sites (tertiary alicyclic amines) is 1. The van der Waals surface area contributed by atoms with Gasteiger partial charge in [-0.2, -0.15) is 0 Å². The number of hydrogen-bond donors (Lipinski definition) is 2. The SMILES string of the molecule is O=S1(=O)CC(O)C(N2CCC3(O)CCCCC3C2)C1. The van der Waals surface area contributed by atoms with Crippen LogP contribution in [0, 0.1) is 5.92 Å². The van der Waals surface area contributed by atoms with Gasteiger partial charge >= 0.3 is 0 Å². The number of rotatable bonds is 1. The first kappa shape index (κ1) is 13.8. The van der Waals surface area contributed by atoms with E-state index in [2.05, 4.69) is 4.90 Å². The second-order valence-corrected chi connectivity index (χ2v) is 8.66. The Hall–Kier alpha value is -0.170. The van der Waals surface area contributed by atoms with Gasteiger partial charge in [0.1, 0.15) is 0 Å². The zero-order valence-electron chi connectivity index (χ0n) is 11.2. The predicted molar refractivity (Wildman–Crippen MR) is 71.5 cm³/mol. The fourth-order valence-corrected chi connectivity index (χ4v) is 5.89. The van der Waals surface area contributed by atoms with Gasteiger partial charge in [-0.25, -0.2) is 8.42 Å². The molecule has 2 N–H and O–H groups in total. The summed E-state index contributed by atoms with van der Waals surface area (Å²) in [6.07, 6.45) is 4.07. The standard InChI is InChI=1S/C13H23NO4S/c15-12-9-19(17,18)8-11(12)14-6-5-13(16)4-2-1-3-10(13)7-14/h10-12,15-16H,1-9H2. The van der Waals surface area contributed by atoms with Crippen molar-refractivity contribution in [2.24, 2.45) is 5.92 Å².